The van der Waals surface area contributed by atoms with Crippen molar-refractivity contribution in [1.29, 1.82) is 0 Å². The van der Waals surface area contributed by atoms with E-state index in [0.717, 1.165) is 18.4 Å². The van der Waals surface area contributed by atoms with Gasteiger partial charge < -0.3 is 0 Å². The Kier molecular flexibility index (Phi) is 3.30. The Balaban J connectivity index is 2.75. The molecule has 1 rings (SSSR count). The molecule has 0 radical (unpaired) electrons. The van der Waals surface area contributed by atoms with E-state index < -0.39 is 0 Å². The van der Waals surface area contributed by atoms with Gasteiger partial charge in [-0.05, 0) is 30.5 Å². The highest BCUT2D eigenvalue weighted by Crippen LogP contribution is 2.16. The Morgan fingerprint density at radius 1 is 1.50 bits per heavy atom. The molecule has 64 valence electrons. The maximum atomic E-state index is 12.8. The van der Waals surface area contributed by atoms with Crippen LogP contribution >= 0.6 is 11.6 Å². The highest BCUT2D eigenvalue weighted by molar-refractivity contribution is 6.30. The molecule has 0 aliphatic heterocycles. The highest BCUT2D eigenvalue weighted by Gasteiger charge is 1.99. The number of halogens is 2. The van der Waals surface area contributed by atoms with Crippen molar-refractivity contribution in [3.8, 4) is 0 Å². The molecule has 0 aliphatic carbocycles. The van der Waals surface area contributed by atoms with Gasteiger partial charge in [0.15, 0.2) is 0 Å². The van der Waals surface area contributed by atoms with E-state index in [2.05, 4.69) is 6.58 Å². The molecule has 2 heteroatoms. The lowest BCUT2D eigenvalue weighted by Crippen LogP contribution is -1.85. The van der Waals surface area contributed by atoms with E-state index in [1.165, 1.54) is 6.07 Å². The Hall–Kier alpha value is -0.820. The van der Waals surface area contributed by atoms with Crippen LogP contribution in [0.15, 0.2) is 30.9 Å². The Morgan fingerprint density at radius 2 is 2.25 bits per heavy atom. The summed E-state index contributed by atoms with van der Waals surface area (Å²) >= 11 is 5.52. The zero-order valence-electron chi connectivity index (χ0n) is 6.69. The average Bonchev–Trinajstić information content (AvgIpc) is 2.07. The molecule has 0 nitrogen and oxygen atoms in total. The zero-order valence-corrected chi connectivity index (χ0v) is 7.44. The Morgan fingerprint density at radius 3 is 2.83 bits per heavy atom. The Bertz CT molecular complexity index is 281. The standard InChI is InChI=1S/C10H10ClF/c1-2-3-4-8-5-6-9(11)10(12)7-8/h2,5-7H,1,3-4H2. The molecule has 0 heterocycles. The quantitative estimate of drug-likeness (QED) is 0.630. The molecule has 0 amide bonds. The van der Waals surface area contributed by atoms with Gasteiger partial charge in [-0.25, -0.2) is 4.39 Å². The van der Waals surface area contributed by atoms with Crippen LogP contribution < -0.4 is 0 Å². The van der Waals surface area contributed by atoms with Gasteiger partial charge >= 0.3 is 0 Å². The molecular weight excluding hydrogens is 175 g/mol. The predicted octanol–water partition coefficient (Wildman–Crippen LogP) is 3.60. The molecule has 0 N–H and O–H groups in total. The zero-order chi connectivity index (χ0) is 8.97. The second kappa shape index (κ2) is 4.27. The summed E-state index contributed by atoms with van der Waals surface area (Å²) in [6, 6.07) is 4.87. The molecule has 1 aromatic rings. The molecule has 1 aromatic carbocycles. The van der Waals surface area contributed by atoms with Crippen molar-refractivity contribution in [3.05, 3.63) is 47.3 Å². The number of hydrogen-bond acceptors (Lipinski definition) is 0. The van der Waals surface area contributed by atoms with E-state index in [-0.39, 0.29) is 10.8 Å². The van der Waals surface area contributed by atoms with Crippen molar-refractivity contribution in [1.82, 2.24) is 0 Å². The van der Waals surface area contributed by atoms with E-state index in [4.69, 9.17) is 11.6 Å². The van der Waals surface area contributed by atoms with Crippen LogP contribution in [0.4, 0.5) is 4.39 Å². The monoisotopic (exact) mass is 184 g/mol. The lowest BCUT2D eigenvalue weighted by molar-refractivity contribution is 0.626. The molecule has 0 saturated heterocycles. The van der Waals surface area contributed by atoms with Crippen LogP contribution in [-0.4, -0.2) is 0 Å². The second-order valence-corrected chi connectivity index (χ2v) is 2.98. The summed E-state index contributed by atoms with van der Waals surface area (Å²) in [4.78, 5) is 0. The van der Waals surface area contributed by atoms with Crippen LogP contribution in [0, 0.1) is 5.82 Å². The first kappa shape index (κ1) is 9.27. The Labute approximate surface area is 76.7 Å². The minimum Gasteiger partial charge on any atom is -0.205 e. The first-order chi connectivity index (χ1) is 5.74. The van der Waals surface area contributed by atoms with Crippen molar-refractivity contribution in [3.63, 3.8) is 0 Å². The number of aryl methyl sites for hydroxylation is 1. The second-order valence-electron chi connectivity index (χ2n) is 2.58. The molecule has 0 fully saturated rings. The summed E-state index contributed by atoms with van der Waals surface area (Å²) in [7, 11) is 0. The number of rotatable bonds is 3. The number of allylic oxidation sites excluding steroid dienone is 1. The largest absolute Gasteiger partial charge is 0.205 e. The summed E-state index contributed by atoms with van der Waals surface area (Å²) in [6.45, 7) is 3.60. The van der Waals surface area contributed by atoms with Crippen molar-refractivity contribution >= 4 is 11.6 Å². The SMILES string of the molecule is C=CCCc1ccc(Cl)c(F)c1. The topological polar surface area (TPSA) is 0 Å². The lowest BCUT2D eigenvalue weighted by Gasteiger charge is -1.99. The molecular formula is C10H10ClF. The molecule has 0 atom stereocenters. The van der Waals surface area contributed by atoms with Crippen molar-refractivity contribution in [2.24, 2.45) is 0 Å². The van der Waals surface area contributed by atoms with E-state index >= 15 is 0 Å². The summed E-state index contributed by atoms with van der Waals surface area (Å²) in [5.74, 6) is -0.349. The minimum absolute atomic E-state index is 0.178. The van der Waals surface area contributed by atoms with E-state index in [1.54, 1.807) is 6.07 Å². The van der Waals surface area contributed by atoms with Crippen molar-refractivity contribution in [2.45, 2.75) is 12.8 Å². The fourth-order valence-electron chi connectivity index (χ4n) is 0.964. The smallest absolute Gasteiger partial charge is 0.142 e. The molecule has 12 heavy (non-hydrogen) atoms. The summed E-state index contributed by atoms with van der Waals surface area (Å²) in [5, 5.41) is 0.178. The maximum Gasteiger partial charge on any atom is 0.142 e. The first-order valence-electron chi connectivity index (χ1n) is 3.79. The van der Waals surface area contributed by atoms with Crippen molar-refractivity contribution < 1.29 is 4.39 Å². The maximum absolute atomic E-state index is 12.8. The van der Waals surface area contributed by atoms with Crippen LogP contribution in [0.2, 0.25) is 5.02 Å². The molecule has 0 aromatic heterocycles. The van der Waals surface area contributed by atoms with Gasteiger partial charge in [-0.2, -0.15) is 0 Å². The van der Waals surface area contributed by atoms with Gasteiger partial charge in [0.2, 0.25) is 0 Å². The summed E-state index contributed by atoms with van der Waals surface area (Å²) < 4.78 is 12.8. The van der Waals surface area contributed by atoms with Gasteiger partial charge in [-0.3, -0.25) is 0 Å². The third-order valence-corrected chi connectivity index (χ3v) is 1.93. The molecule has 0 spiro atoms. The first-order valence-corrected chi connectivity index (χ1v) is 4.16. The molecule has 0 saturated carbocycles. The van der Waals surface area contributed by atoms with Crippen LogP contribution in [0.5, 0.6) is 0 Å². The highest BCUT2D eigenvalue weighted by atomic mass is 35.5. The lowest BCUT2D eigenvalue weighted by atomic mass is 10.1. The third-order valence-electron chi connectivity index (χ3n) is 1.62. The fourth-order valence-corrected chi connectivity index (χ4v) is 1.08. The summed E-state index contributed by atoms with van der Waals surface area (Å²) in [6.07, 6.45) is 3.49. The minimum atomic E-state index is -0.349. The van der Waals surface area contributed by atoms with Gasteiger partial charge in [0.25, 0.3) is 0 Å². The van der Waals surface area contributed by atoms with Gasteiger partial charge in [0, 0.05) is 0 Å². The molecule has 0 aliphatic rings. The third kappa shape index (κ3) is 2.35. The van der Waals surface area contributed by atoms with Gasteiger partial charge in [0.05, 0.1) is 5.02 Å². The van der Waals surface area contributed by atoms with E-state index in [0.29, 0.717) is 0 Å². The molecule has 0 unspecified atom stereocenters. The number of hydrogen-bond donors (Lipinski definition) is 0. The average molecular weight is 185 g/mol. The van der Waals surface area contributed by atoms with Crippen molar-refractivity contribution in [2.75, 3.05) is 0 Å². The van der Waals surface area contributed by atoms with Gasteiger partial charge in [0.1, 0.15) is 5.82 Å². The van der Waals surface area contributed by atoms with Crippen LogP contribution in [0.25, 0.3) is 0 Å². The van der Waals surface area contributed by atoms with Crippen LogP contribution in [0.1, 0.15) is 12.0 Å². The van der Waals surface area contributed by atoms with E-state index in [1.807, 2.05) is 12.1 Å². The van der Waals surface area contributed by atoms with Gasteiger partial charge in [-0.1, -0.05) is 23.7 Å². The number of benzene rings is 1. The normalized spacial score (nSPS) is 9.83. The van der Waals surface area contributed by atoms with E-state index in [9.17, 15) is 4.39 Å². The van der Waals surface area contributed by atoms with Crippen LogP contribution in [0.3, 0.4) is 0 Å². The molecule has 0 bridgehead atoms. The predicted molar refractivity (Wildman–Crippen MR) is 49.9 cm³/mol. The summed E-state index contributed by atoms with van der Waals surface area (Å²) in [5.41, 5.74) is 0.955. The fraction of sp³-hybridized carbons (Fsp3) is 0.200. The van der Waals surface area contributed by atoms with Gasteiger partial charge in [-0.15, -0.1) is 6.58 Å². The van der Waals surface area contributed by atoms with Crippen LogP contribution in [-0.2, 0) is 6.42 Å².